The molecule has 268 valence electrons. The van der Waals surface area contributed by atoms with Crippen LogP contribution in [0.5, 0.6) is 0 Å². The fraction of sp³-hybridized carbons (Fsp3) is 0. The van der Waals surface area contributed by atoms with Gasteiger partial charge in [0, 0.05) is 72.9 Å². The van der Waals surface area contributed by atoms with Crippen LogP contribution < -0.4 is 9.80 Å². The van der Waals surface area contributed by atoms with E-state index in [-0.39, 0.29) is 0 Å². The van der Waals surface area contributed by atoms with Gasteiger partial charge in [0.15, 0.2) is 0 Å². The van der Waals surface area contributed by atoms with E-state index < -0.39 is 0 Å². The van der Waals surface area contributed by atoms with Crippen molar-refractivity contribution in [3.63, 3.8) is 0 Å². The quantitative estimate of drug-likeness (QED) is 0.166. The molecular weight excluding hydrogens is 749 g/mol. The monoisotopic (exact) mass is 780 g/mol. The van der Waals surface area contributed by atoms with Crippen molar-refractivity contribution in [2.75, 3.05) is 9.80 Å². The third-order valence-electron chi connectivity index (χ3n) is 11.2. The van der Waals surface area contributed by atoms with E-state index in [2.05, 4.69) is 204 Å². The summed E-state index contributed by atoms with van der Waals surface area (Å²) in [6.45, 7) is 0. The van der Waals surface area contributed by atoms with Crippen LogP contribution in [0.25, 0.3) is 71.3 Å². The normalized spacial score (nSPS) is 11.9. The summed E-state index contributed by atoms with van der Waals surface area (Å²) >= 11 is 5.62. The van der Waals surface area contributed by atoms with E-state index in [1.165, 1.54) is 71.3 Å². The Morgan fingerprint density at radius 3 is 1.65 bits per heavy atom. The number of benzene rings is 9. The molecule has 0 aliphatic heterocycles. The average molecular weight is 781 g/mol. The lowest BCUT2D eigenvalue weighted by Crippen LogP contribution is -2.17. The highest BCUT2D eigenvalue weighted by atomic mass is 32.1. The Labute approximate surface area is 341 Å². The predicted octanol–water partition coefficient (Wildman–Crippen LogP) is 16.9. The molecule has 0 amide bonds. The third-order valence-corrected chi connectivity index (χ3v) is 14.7. The summed E-state index contributed by atoms with van der Waals surface area (Å²) < 4.78 is 7.71. The Kier molecular flexibility index (Phi) is 7.48. The number of nitrogens with zero attached hydrogens (tertiary/aromatic N) is 2. The molecule has 12 aromatic rings. The van der Waals surface area contributed by atoms with Crippen LogP contribution in [0.3, 0.4) is 0 Å². The number of hydrogen-bond acceptors (Lipinski definition) is 5. The van der Waals surface area contributed by atoms with Gasteiger partial charge in [-0.05, 0) is 89.6 Å². The topological polar surface area (TPSA) is 6.48 Å². The second kappa shape index (κ2) is 13.0. The van der Waals surface area contributed by atoms with Crippen LogP contribution in [0, 0.1) is 0 Å². The van der Waals surface area contributed by atoms with Crippen LogP contribution >= 0.6 is 34.0 Å². The lowest BCUT2D eigenvalue weighted by molar-refractivity contribution is 1.25. The SMILES string of the molecule is c1ccc(N(c2ccc3sc4ccc5ccccc5c4c3c2N(c2ccccc2)c2ccc3sc4ccccc4c3c2)c2cccc3c2sc2ccccc23)cc1. The van der Waals surface area contributed by atoms with Crippen molar-refractivity contribution in [2.24, 2.45) is 0 Å². The highest BCUT2D eigenvalue weighted by Gasteiger charge is 2.28. The Hall–Kier alpha value is -6.50. The summed E-state index contributed by atoms with van der Waals surface area (Å²) in [7, 11) is 0. The fourth-order valence-electron chi connectivity index (χ4n) is 8.74. The average Bonchev–Trinajstić information content (AvgIpc) is 3.97. The highest BCUT2D eigenvalue weighted by molar-refractivity contribution is 7.27. The van der Waals surface area contributed by atoms with Crippen molar-refractivity contribution in [1.29, 1.82) is 0 Å². The predicted molar refractivity (Wildman–Crippen MR) is 252 cm³/mol. The zero-order valence-electron chi connectivity index (χ0n) is 30.6. The van der Waals surface area contributed by atoms with Crippen molar-refractivity contribution in [3.05, 3.63) is 194 Å². The van der Waals surface area contributed by atoms with E-state index in [0.29, 0.717) is 0 Å². The Morgan fingerprint density at radius 2 is 0.860 bits per heavy atom. The van der Waals surface area contributed by atoms with Crippen molar-refractivity contribution in [1.82, 2.24) is 0 Å². The molecule has 0 N–H and O–H groups in total. The first kappa shape index (κ1) is 32.7. The Bertz CT molecular complexity index is 3490. The van der Waals surface area contributed by atoms with E-state index in [0.717, 1.165) is 34.1 Å². The second-order valence-corrected chi connectivity index (χ2v) is 17.7. The smallest absolute Gasteiger partial charge is 0.0796 e. The molecule has 3 heterocycles. The molecule has 0 radical (unpaired) electrons. The Morgan fingerprint density at radius 1 is 0.298 bits per heavy atom. The molecule has 2 nitrogen and oxygen atoms in total. The summed E-state index contributed by atoms with van der Waals surface area (Å²) in [6, 6.07) is 71.5. The molecule has 0 aliphatic carbocycles. The number of hydrogen-bond donors (Lipinski definition) is 0. The lowest BCUT2D eigenvalue weighted by Gasteiger charge is -2.34. The van der Waals surface area contributed by atoms with Gasteiger partial charge in [-0.2, -0.15) is 0 Å². The van der Waals surface area contributed by atoms with Crippen molar-refractivity contribution in [2.45, 2.75) is 0 Å². The first-order valence-electron chi connectivity index (χ1n) is 19.2. The molecule has 0 saturated carbocycles. The van der Waals surface area contributed by atoms with Crippen molar-refractivity contribution >= 4 is 139 Å². The fourth-order valence-corrected chi connectivity index (χ4v) is 12.2. The number of anilines is 6. The first-order valence-corrected chi connectivity index (χ1v) is 21.6. The lowest BCUT2D eigenvalue weighted by atomic mass is 10.00. The number of thiophene rings is 3. The van der Waals surface area contributed by atoms with E-state index in [9.17, 15) is 0 Å². The molecule has 3 aromatic heterocycles. The zero-order valence-corrected chi connectivity index (χ0v) is 33.0. The van der Waals surface area contributed by atoms with Gasteiger partial charge in [0.05, 0.1) is 21.8 Å². The molecule has 57 heavy (non-hydrogen) atoms. The number of rotatable bonds is 6. The maximum atomic E-state index is 2.53. The number of para-hydroxylation sites is 2. The molecule has 0 fully saturated rings. The zero-order chi connectivity index (χ0) is 37.5. The summed E-state index contributed by atoms with van der Waals surface area (Å²) in [5, 5.41) is 10.2. The highest BCUT2D eigenvalue weighted by Crippen LogP contribution is 2.55. The van der Waals surface area contributed by atoms with Crippen LogP contribution in [0.1, 0.15) is 0 Å². The van der Waals surface area contributed by atoms with E-state index in [1.807, 2.05) is 34.0 Å². The van der Waals surface area contributed by atoms with E-state index in [1.54, 1.807) is 0 Å². The van der Waals surface area contributed by atoms with Crippen LogP contribution in [-0.4, -0.2) is 0 Å². The molecule has 9 aromatic carbocycles. The molecule has 0 spiro atoms. The van der Waals surface area contributed by atoms with Gasteiger partial charge in [0.25, 0.3) is 0 Å². The largest absolute Gasteiger partial charge is 0.308 e. The molecule has 12 rings (SSSR count). The standard InChI is InChI=1S/C52H32N2S3/c1-3-15-34(16-4-1)53(36-27-30-46-41(32-36)39-21-10-11-24-44(39)55-46)51-42(28-31-48-50(51)49-37-19-8-7-14-33(37)26-29-47(49)56-48)54(35-17-5-2-6-18-35)43-23-13-22-40-38-20-9-12-25-45(38)57-52(40)43/h1-32H. The summed E-state index contributed by atoms with van der Waals surface area (Å²) in [5.74, 6) is 0. The molecule has 0 atom stereocenters. The van der Waals surface area contributed by atoms with Gasteiger partial charge in [-0.3, -0.25) is 0 Å². The Balaban J connectivity index is 1.26. The van der Waals surface area contributed by atoms with Gasteiger partial charge < -0.3 is 9.80 Å². The minimum absolute atomic E-state index is 1.11. The van der Waals surface area contributed by atoms with Gasteiger partial charge in [-0.1, -0.05) is 115 Å². The maximum absolute atomic E-state index is 2.53. The number of fused-ring (bicyclic) bond motifs is 11. The molecule has 0 saturated heterocycles. The van der Waals surface area contributed by atoms with Crippen molar-refractivity contribution < 1.29 is 0 Å². The van der Waals surface area contributed by atoms with Gasteiger partial charge in [-0.25, -0.2) is 0 Å². The molecule has 5 heteroatoms. The van der Waals surface area contributed by atoms with Crippen LogP contribution in [-0.2, 0) is 0 Å². The van der Waals surface area contributed by atoms with Crippen LogP contribution in [0.4, 0.5) is 34.1 Å². The van der Waals surface area contributed by atoms with Crippen LogP contribution in [0.15, 0.2) is 194 Å². The van der Waals surface area contributed by atoms with Crippen molar-refractivity contribution in [3.8, 4) is 0 Å². The summed E-state index contributed by atoms with van der Waals surface area (Å²) in [4.78, 5) is 5.04. The van der Waals surface area contributed by atoms with Gasteiger partial charge >= 0.3 is 0 Å². The third kappa shape index (κ3) is 5.13. The van der Waals surface area contributed by atoms with E-state index >= 15 is 0 Å². The van der Waals surface area contributed by atoms with E-state index in [4.69, 9.17) is 0 Å². The minimum atomic E-state index is 1.11. The van der Waals surface area contributed by atoms with Gasteiger partial charge in [0.1, 0.15) is 0 Å². The molecule has 0 unspecified atom stereocenters. The van der Waals surface area contributed by atoms with Gasteiger partial charge in [-0.15, -0.1) is 34.0 Å². The molecule has 0 aliphatic rings. The summed E-state index contributed by atoms with van der Waals surface area (Å²) in [5.41, 5.74) is 6.78. The second-order valence-electron chi connectivity index (χ2n) is 14.4. The summed E-state index contributed by atoms with van der Waals surface area (Å²) in [6.07, 6.45) is 0. The maximum Gasteiger partial charge on any atom is 0.0796 e. The van der Waals surface area contributed by atoms with Gasteiger partial charge in [0.2, 0.25) is 0 Å². The molecular formula is C52H32N2S3. The minimum Gasteiger partial charge on any atom is -0.308 e. The first-order chi connectivity index (χ1) is 28.3. The molecule has 0 bridgehead atoms. The van der Waals surface area contributed by atoms with Crippen LogP contribution in [0.2, 0.25) is 0 Å².